The molecule has 0 radical (unpaired) electrons. The van der Waals surface area contributed by atoms with E-state index >= 15 is 0 Å². The van der Waals surface area contributed by atoms with Crippen LogP contribution < -0.4 is 11.2 Å². The van der Waals surface area contributed by atoms with E-state index in [-0.39, 0.29) is 21.9 Å². The molecular formula is C17H14ClF2N5OS. The van der Waals surface area contributed by atoms with E-state index in [1.54, 1.807) is 13.0 Å². The van der Waals surface area contributed by atoms with E-state index in [1.807, 2.05) is 0 Å². The number of thioether (sulfide) groups is 1. The summed E-state index contributed by atoms with van der Waals surface area (Å²) in [5.41, 5.74) is 0.761. The number of benzene rings is 2. The van der Waals surface area contributed by atoms with Gasteiger partial charge in [-0.1, -0.05) is 35.5 Å². The Bertz CT molecular complexity index is 997. The van der Waals surface area contributed by atoms with Crippen LogP contribution in [-0.2, 0) is 4.79 Å². The van der Waals surface area contributed by atoms with E-state index in [1.165, 1.54) is 35.0 Å². The second-order valence-corrected chi connectivity index (χ2v) is 7.28. The summed E-state index contributed by atoms with van der Waals surface area (Å²) in [5, 5.41) is 10.3. The molecule has 0 aliphatic heterocycles. The highest BCUT2D eigenvalue weighted by Gasteiger charge is 2.21. The number of nitrogens with zero attached hydrogens (tertiary/aromatic N) is 3. The van der Waals surface area contributed by atoms with Crippen LogP contribution in [0, 0.1) is 11.6 Å². The SMILES string of the molecule is C[C@@H](Sc1nnc(-c2cccc(F)c2)n1N)C(=O)Nc1ccc(F)cc1Cl. The smallest absolute Gasteiger partial charge is 0.237 e. The molecule has 0 aliphatic carbocycles. The van der Waals surface area contributed by atoms with Crippen LogP contribution >= 0.6 is 23.4 Å². The fourth-order valence-corrected chi connectivity index (χ4v) is 3.20. The molecule has 0 spiro atoms. The lowest BCUT2D eigenvalue weighted by Gasteiger charge is -2.12. The molecule has 140 valence electrons. The maximum Gasteiger partial charge on any atom is 0.237 e. The second kappa shape index (κ2) is 7.93. The summed E-state index contributed by atoms with van der Waals surface area (Å²) in [4.78, 5) is 12.4. The van der Waals surface area contributed by atoms with Gasteiger partial charge in [-0.2, -0.15) is 0 Å². The number of anilines is 1. The number of nitrogens with two attached hydrogens (primary N) is 1. The molecule has 6 nitrogen and oxygen atoms in total. The summed E-state index contributed by atoms with van der Waals surface area (Å²) in [6.45, 7) is 1.65. The standard InChI is InChI=1S/C17H14ClF2N5OS/c1-9(16(26)22-14-6-5-12(20)8-13(14)18)27-17-24-23-15(25(17)21)10-3-2-4-11(19)7-10/h2-9H,21H2,1H3,(H,22,26)/t9-/m1/s1. The molecule has 0 saturated heterocycles. The van der Waals surface area contributed by atoms with E-state index in [0.717, 1.165) is 17.8 Å². The van der Waals surface area contributed by atoms with Crippen LogP contribution in [0.15, 0.2) is 47.6 Å². The number of carbonyl (C=O) groups is 1. The first-order valence-corrected chi connectivity index (χ1v) is 9.00. The summed E-state index contributed by atoms with van der Waals surface area (Å²) < 4.78 is 27.7. The zero-order valence-corrected chi connectivity index (χ0v) is 15.6. The number of nitrogen functional groups attached to an aromatic ring is 1. The van der Waals surface area contributed by atoms with Gasteiger partial charge in [0.2, 0.25) is 11.1 Å². The summed E-state index contributed by atoms with van der Waals surface area (Å²) >= 11 is 6.98. The number of hydrogen-bond donors (Lipinski definition) is 2. The highest BCUT2D eigenvalue weighted by atomic mass is 35.5. The van der Waals surface area contributed by atoms with Crippen molar-refractivity contribution in [2.24, 2.45) is 0 Å². The number of amides is 1. The fourth-order valence-electron chi connectivity index (χ4n) is 2.22. The third-order valence-corrected chi connectivity index (χ3v) is 4.96. The number of rotatable bonds is 5. The first-order valence-electron chi connectivity index (χ1n) is 7.74. The Morgan fingerprint density at radius 3 is 2.67 bits per heavy atom. The minimum Gasteiger partial charge on any atom is -0.335 e. The molecule has 3 rings (SSSR count). The molecular weight excluding hydrogens is 396 g/mol. The quantitative estimate of drug-likeness (QED) is 0.495. The van der Waals surface area contributed by atoms with Gasteiger partial charge in [0.15, 0.2) is 5.82 Å². The van der Waals surface area contributed by atoms with E-state index in [4.69, 9.17) is 17.4 Å². The van der Waals surface area contributed by atoms with Gasteiger partial charge in [0.25, 0.3) is 0 Å². The van der Waals surface area contributed by atoms with Gasteiger partial charge >= 0.3 is 0 Å². The molecule has 1 amide bonds. The Morgan fingerprint density at radius 1 is 1.22 bits per heavy atom. The molecule has 0 bridgehead atoms. The van der Waals surface area contributed by atoms with E-state index in [2.05, 4.69) is 15.5 Å². The van der Waals surface area contributed by atoms with Crippen molar-refractivity contribution in [3.05, 3.63) is 59.1 Å². The van der Waals surface area contributed by atoms with Crippen molar-refractivity contribution in [3.8, 4) is 11.4 Å². The van der Waals surface area contributed by atoms with Crippen LogP contribution in [-0.4, -0.2) is 26.0 Å². The molecule has 27 heavy (non-hydrogen) atoms. The third kappa shape index (κ3) is 4.37. The Labute approximate surface area is 162 Å². The van der Waals surface area contributed by atoms with Crippen LogP contribution in [0.2, 0.25) is 5.02 Å². The van der Waals surface area contributed by atoms with Crippen molar-refractivity contribution >= 4 is 35.0 Å². The highest BCUT2D eigenvalue weighted by Crippen LogP contribution is 2.27. The average molecular weight is 410 g/mol. The average Bonchev–Trinajstić information content (AvgIpc) is 2.98. The van der Waals surface area contributed by atoms with Gasteiger partial charge in [0.1, 0.15) is 11.6 Å². The Balaban J connectivity index is 1.72. The molecule has 0 saturated carbocycles. The number of nitrogens with one attached hydrogen (secondary N) is 1. The normalized spacial score (nSPS) is 12.0. The van der Waals surface area contributed by atoms with Crippen molar-refractivity contribution in [1.29, 1.82) is 0 Å². The molecule has 3 aromatic rings. The van der Waals surface area contributed by atoms with E-state index in [9.17, 15) is 13.6 Å². The lowest BCUT2D eigenvalue weighted by Crippen LogP contribution is -2.23. The summed E-state index contributed by atoms with van der Waals surface area (Å²) in [6, 6.07) is 9.46. The fraction of sp³-hybridized carbons (Fsp3) is 0.118. The molecule has 2 aromatic carbocycles. The molecule has 1 aromatic heterocycles. The molecule has 0 aliphatic rings. The lowest BCUT2D eigenvalue weighted by molar-refractivity contribution is -0.115. The minimum absolute atomic E-state index is 0.0935. The zero-order valence-electron chi connectivity index (χ0n) is 14.0. The molecule has 1 heterocycles. The molecule has 10 heteroatoms. The minimum atomic E-state index is -0.599. The van der Waals surface area contributed by atoms with Gasteiger partial charge < -0.3 is 11.2 Å². The molecule has 0 unspecified atom stereocenters. The van der Waals surface area contributed by atoms with Crippen molar-refractivity contribution in [2.45, 2.75) is 17.3 Å². The van der Waals surface area contributed by atoms with Gasteiger partial charge in [0.05, 0.1) is 16.0 Å². The number of halogens is 3. The van der Waals surface area contributed by atoms with Crippen LogP contribution in [0.25, 0.3) is 11.4 Å². The lowest BCUT2D eigenvalue weighted by atomic mass is 10.2. The third-order valence-electron chi connectivity index (χ3n) is 3.59. The number of hydrogen-bond acceptors (Lipinski definition) is 5. The highest BCUT2D eigenvalue weighted by molar-refractivity contribution is 8.00. The maximum absolute atomic E-state index is 13.4. The van der Waals surface area contributed by atoms with Gasteiger partial charge in [-0.15, -0.1) is 10.2 Å². The Morgan fingerprint density at radius 2 is 1.96 bits per heavy atom. The van der Waals surface area contributed by atoms with Gasteiger partial charge in [-0.3, -0.25) is 4.79 Å². The Hall–Kier alpha value is -2.65. The first-order chi connectivity index (χ1) is 12.8. The van der Waals surface area contributed by atoms with Crippen LogP contribution in [0.3, 0.4) is 0 Å². The predicted octanol–water partition coefficient (Wildman–Crippen LogP) is 3.71. The second-order valence-electron chi connectivity index (χ2n) is 5.56. The summed E-state index contributed by atoms with van der Waals surface area (Å²) in [5.74, 6) is 4.96. The molecule has 1 atom stereocenters. The monoisotopic (exact) mass is 409 g/mol. The van der Waals surface area contributed by atoms with E-state index in [0.29, 0.717) is 11.3 Å². The van der Waals surface area contributed by atoms with Gasteiger partial charge in [0, 0.05) is 5.56 Å². The maximum atomic E-state index is 13.4. The van der Waals surface area contributed by atoms with Gasteiger partial charge in [-0.25, -0.2) is 13.5 Å². The number of aromatic nitrogens is 3. The van der Waals surface area contributed by atoms with Crippen molar-refractivity contribution in [2.75, 3.05) is 11.2 Å². The topological polar surface area (TPSA) is 85.8 Å². The number of carbonyl (C=O) groups excluding carboxylic acids is 1. The predicted molar refractivity (Wildman–Crippen MR) is 101 cm³/mol. The largest absolute Gasteiger partial charge is 0.335 e. The van der Waals surface area contributed by atoms with Crippen molar-refractivity contribution in [1.82, 2.24) is 14.9 Å². The zero-order chi connectivity index (χ0) is 19.6. The van der Waals surface area contributed by atoms with Gasteiger partial charge in [-0.05, 0) is 37.3 Å². The van der Waals surface area contributed by atoms with Crippen molar-refractivity contribution < 1.29 is 13.6 Å². The first kappa shape index (κ1) is 19.1. The van der Waals surface area contributed by atoms with Crippen LogP contribution in [0.5, 0.6) is 0 Å². The van der Waals surface area contributed by atoms with Crippen molar-refractivity contribution in [3.63, 3.8) is 0 Å². The summed E-state index contributed by atoms with van der Waals surface area (Å²) in [6.07, 6.45) is 0. The molecule has 3 N–H and O–H groups in total. The van der Waals surface area contributed by atoms with Crippen LogP contribution in [0.4, 0.5) is 14.5 Å². The summed E-state index contributed by atoms with van der Waals surface area (Å²) in [7, 11) is 0. The molecule has 0 fully saturated rings. The van der Waals surface area contributed by atoms with E-state index < -0.39 is 16.9 Å². The van der Waals surface area contributed by atoms with Crippen LogP contribution in [0.1, 0.15) is 6.92 Å². The Kier molecular flexibility index (Phi) is 5.62.